The number of carbonyl (C=O) groups excluding carboxylic acids is 1. The van der Waals surface area contributed by atoms with Crippen molar-refractivity contribution < 1.29 is 19.0 Å². The zero-order chi connectivity index (χ0) is 25.0. The first-order valence-electron chi connectivity index (χ1n) is 11.6. The van der Waals surface area contributed by atoms with Gasteiger partial charge < -0.3 is 14.2 Å². The third kappa shape index (κ3) is 3.58. The van der Waals surface area contributed by atoms with E-state index in [4.69, 9.17) is 19.2 Å². The van der Waals surface area contributed by atoms with Crippen molar-refractivity contribution in [2.45, 2.75) is 33.2 Å². The van der Waals surface area contributed by atoms with Crippen LogP contribution in [0.3, 0.4) is 0 Å². The summed E-state index contributed by atoms with van der Waals surface area (Å²) in [5.41, 5.74) is 6.11. The van der Waals surface area contributed by atoms with Crippen LogP contribution in [0.5, 0.6) is 11.5 Å². The minimum Gasteiger partial charge on any atom is -0.469 e. The SMILES string of the molecule is COC(=O)C[C@@H]1N=C(c2ccc(-c3ccc4c(c3)OCO4)cc2)c2c(sc(C)c2C)-n2c(C)nnc21. The monoisotopic (exact) mass is 500 g/mol. The summed E-state index contributed by atoms with van der Waals surface area (Å²) in [4.78, 5) is 18.6. The number of methoxy groups -OCH3 is 1. The third-order valence-electron chi connectivity index (χ3n) is 6.69. The molecule has 0 spiro atoms. The van der Waals surface area contributed by atoms with Crippen molar-refractivity contribution in [3.05, 3.63) is 75.7 Å². The van der Waals surface area contributed by atoms with Gasteiger partial charge in [-0.25, -0.2) is 0 Å². The van der Waals surface area contributed by atoms with E-state index in [1.165, 1.54) is 12.0 Å². The number of rotatable bonds is 4. The Balaban J connectivity index is 1.47. The second kappa shape index (κ2) is 8.60. The average Bonchev–Trinajstić information content (AvgIpc) is 3.56. The molecule has 0 amide bonds. The topological polar surface area (TPSA) is 87.8 Å². The minimum absolute atomic E-state index is 0.0837. The Morgan fingerprint density at radius 1 is 1.03 bits per heavy atom. The van der Waals surface area contributed by atoms with Crippen molar-refractivity contribution in [1.29, 1.82) is 0 Å². The van der Waals surface area contributed by atoms with Gasteiger partial charge in [-0.2, -0.15) is 0 Å². The zero-order valence-corrected chi connectivity index (χ0v) is 21.2. The van der Waals surface area contributed by atoms with Gasteiger partial charge in [0.1, 0.15) is 16.9 Å². The molecule has 2 aromatic carbocycles. The van der Waals surface area contributed by atoms with Gasteiger partial charge in [-0.1, -0.05) is 30.3 Å². The number of nitrogens with zero attached hydrogens (tertiary/aromatic N) is 4. The maximum absolute atomic E-state index is 12.3. The molecule has 4 heterocycles. The molecule has 0 saturated carbocycles. The van der Waals surface area contributed by atoms with Crippen LogP contribution >= 0.6 is 11.3 Å². The van der Waals surface area contributed by atoms with E-state index in [2.05, 4.69) is 48.3 Å². The molecule has 0 unspecified atom stereocenters. The normalized spacial score (nSPS) is 15.7. The molecule has 8 nitrogen and oxygen atoms in total. The van der Waals surface area contributed by atoms with E-state index in [9.17, 15) is 4.79 Å². The largest absolute Gasteiger partial charge is 0.469 e. The van der Waals surface area contributed by atoms with Gasteiger partial charge in [0.25, 0.3) is 0 Å². The predicted octanol–water partition coefficient (Wildman–Crippen LogP) is 5.10. The first kappa shape index (κ1) is 22.5. The van der Waals surface area contributed by atoms with Crippen molar-refractivity contribution in [1.82, 2.24) is 14.8 Å². The summed E-state index contributed by atoms with van der Waals surface area (Å²) in [5, 5.41) is 9.75. The van der Waals surface area contributed by atoms with Crippen LogP contribution in [0, 0.1) is 20.8 Å². The van der Waals surface area contributed by atoms with Gasteiger partial charge >= 0.3 is 5.97 Å². The third-order valence-corrected chi connectivity index (χ3v) is 7.88. The highest BCUT2D eigenvalue weighted by Crippen LogP contribution is 2.40. The summed E-state index contributed by atoms with van der Waals surface area (Å²) in [6.45, 7) is 6.39. The van der Waals surface area contributed by atoms with Crippen LogP contribution in [0.15, 0.2) is 47.5 Å². The van der Waals surface area contributed by atoms with E-state index in [-0.39, 0.29) is 19.2 Å². The fourth-order valence-corrected chi connectivity index (χ4v) is 5.88. The highest BCUT2D eigenvalue weighted by atomic mass is 32.1. The number of ether oxygens (including phenoxy) is 3. The van der Waals surface area contributed by atoms with Crippen molar-refractivity contribution in [3.63, 3.8) is 0 Å². The van der Waals surface area contributed by atoms with Crippen LogP contribution in [0.1, 0.15) is 45.7 Å². The molecule has 2 aliphatic heterocycles. The molecule has 6 rings (SSSR count). The Labute approximate surface area is 212 Å². The van der Waals surface area contributed by atoms with Gasteiger partial charge in [-0.15, -0.1) is 21.5 Å². The number of fused-ring (bicyclic) bond motifs is 4. The summed E-state index contributed by atoms with van der Waals surface area (Å²) in [7, 11) is 1.39. The summed E-state index contributed by atoms with van der Waals surface area (Å²) in [6, 6.07) is 13.7. The summed E-state index contributed by atoms with van der Waals surface area (Å²) in [6.07, 6.45) is 0.0837. The van der Waals surface area contributed by atoms with Gasteiger partial charge in [-0.05, 0) is 49.6 Å². The lowest BCUT2D eigenvalue weighted by atomic mass is 9.97. The van der Waals surface area contributed by atoms with Gasteiger partial charge in [0.2, 0.25) is 6.79 Å². The lowest BCUT2D eigenvalue weighted by molar-refractivity contribution is -0.141. The zero-order valence-electron chi connectivity index (χ0n) is 20.4. The molecule has 36 heavy (non-hydrogen) atoms. The molecule has 9 heteroatoms. The minimum atomic E-state index is -0.513. The number of esters is 1. The van der Waals surface area contributed by atoms with Crippen LogP contribution in [0.4, 0.5) is 0 Å². The lowest BCUT2D eigenvalue weighted by Crippen LogP contribution is -2.12. The van der Waals surface area contributed by atoms with Gasteiger partial charge in [0, 0.05) is 16.0 Å². The summed E-state index contributed by atoms with van der Waals surface area (Å²) < 4.78 is 18.0. The number of carbonyl (C=O) groups is 1. The summed E-state index contributed by atoms with van der Waals surface area (Å²) >= 11 is 1.69. The molecular formula is C27H24N4O4S. The number of benzene rings is 2. The molecule has 1 atom stereocenters. The maximum atomic E-state index is 12.3. The van der Waals surface area contributed by atoms with Crippen molar-refractivity contribution >= 4 is 23.0 Å². The quantitative estimate of drug-likeness (QED) is 0.362. The van der Waals surface area contributed by atoms with Crippen LogP contribution in [0.2, 0.25) is 0 Å². The number of hydrogen-bond acceptors (Lipinski definition) is 8. The molecule has 0 fully saturated rings. The standard InChI is InChI=1S/C27H24N4O4S/c1-14-15(2)36-27-24(14)25(28-20(12-23(32)33-4)26-30-29-16(3)31(26)27)18-7-5-17(6-8-18)19-9-10-21-22(11-19)35-13-34-21/h5-11,20H,12-13H2,1-4H3/t20-/m0/s1. The van der Waals surface area contributed by atoms with E-state index >= 15 is 0 Å². The van der Waals surface area contributed by atoms with Gasteiger partial charge in [0.15, 0.2) is 17.3 Å². The van der Waals surface area contributed by atoms with Crippen LogP contribution in [0.25, 0.3) is 16.1 Å². The number of hydrogen-bond donors (Lipinski definition) is 0. The number of aromatic nitrogens is 3. The molecule has 182 valence electrons. The Hall–Kier alpha value is -3.98. The van der Waals surface area contributed by atoms with E-state index in [1.807, 2.05) is 29.7 Å². The van der Waals surface area contributed by atoms with Gasteiger partial charge in [0.05, 0.1) is 19.2 Å². The van der Waals surface area contributed by atoms with E-state index in [1.54, 1.807) is 11.3 Å². The molecule has 2 aliphatic rings. The smallest absolute Gasteiger partial charge is 0.308 e. The Kier molecular flexibility index (Phi) is 5.37. The van der Waals surface area contributed by atoms with Crippen LogP contribution < -0.4 is 9.47 Å². The molecule has 0 aliphatic carbocycles. The molecule has 0 N–H and O–H groups in total. The van der Waals surface area contributed by atoms with Crippen LogP contribution in [-0.4, -0.2) is 40.3 Å². The Morgan fingerprint density at radius 2 is 1.75 bits per heavy atom. The van der Waals surface area contributed by atoms with E-state index in [0.717, 1.165) is 55.9 Å². The number of aliphatic imine (C=N–C) groups is 1. The fourth-order valence-electron chi connectivity index (χ4n) is 4.66. The van der Waals surface area contributed by atoms with Crippen molar-refractivity contribution in [3.8, 4) is 27.6 Å². The van der Waals surface area contributed by atoms with Crippen LogP contribution in [-0.2, 0) is 9.53 Å². The Bertz CT molecular complexity index is 1530. The Morgan fingerprint density at radius 3 is 2.53 bits per heavy atom. The molecule has 0 radical (unpaired) electrons. The molecule has 0 saturated heterocycles. The molecular weight excluding hydrogens is 476 g/mol. The molecule has 4 aromatic rings. The second-order valence-corrected chi connectivity index (χ2v) is 10.0. The lowest BCUT2D eigenvalue weighted by Gasteiger charge is -2.12. The first-order chi connectivity index (χ1) is 17.4. The predicted molar refractivity (Wildman–Crippen MR) is 136 cm³/mol. The highest BCUT2D eigenvalue weighted by molar-refractivity contribution is 7.15. The second-order valence-electron chi connectivity index (χ2n) is 8.82. The van der Waals surface area contributed by atoms with Crippen molar-refractivity contribution in [2.24, 2.45) is 4.99 Å². The number of thiophene rings is 1. The van der Waals surface area contributed by atoms with Gasteiger partial charge in [-0.3, -0.25) is 14.4 Å². The number of aryl methyl sites for hydroxylation is 2. The maximum Gasteiger partial charge on any atom is 0.308 e. The molecule has 0 bridgehead atoms. The fraction of sp³-hybridized carbons (Fsp3) is 0.259. The molecule has 2 aromatic heterocycles. The van der Waals surface area contributed by atoms with E-state index < -0.39 is 6.04 Å². The first-order valence-corrected chi connectivity index (χ1v) is 12.4. The van der Waals surface area contributed by atoms with E-state index in [0.29, 0.717) is 5.82 Å². The summed E-state index contributed by atoms with van der Waals surface area (Å²) in [5.74, 6) is 2.58. The highest BCUT2D eigenvalue weighted by Gasteiger charge is 2.32. The average molecular weight is 501 g/mol. The van der Waals surface area contributed by atoms with Crippen molar-refractivity contribution in [2.75, 3.05) is 13.9 Å².